The van der Waals surface area contributed by atoms with Gasteiger partial charge in [0.15, 0.2) is 34.5 Å². The van der Waals surface area contributed by atoms with Crippen LogP contribution in [0.2, 0.25) is 0 Å². The Morgan fingerprint density at radius 1 is 0.575 bits per heavy atom. The molecule has 40 heavy (non-hydrogen) atoms. The van der Waals surface area contributed by atoms with Gasteiger partial charge in [-0.05, 0) is 61.9 Å². The second-order valence-electron chi connectivity index (χ2n) is 7.83. The molecule has 0 bridgehead atoms. The van der Waals surface area contributed by atoms with Crippen molar-refractivity contribution in [3.63, 3.8) is 0 Å². The molecule has 0 aromatic heterocycles. The Kier molecular flexibility index (Phi) is 12.8. The van der Waals surface area contributed by atoms with Crippen LogP contribution in [0.4, 0.5) is 0 Å². The number of rotatable bonds is 3. The van der Waals surface area contributed by atoms with Gasteiger partial charge in [-0.3, -0.25) is 4.79 Å². The molecule has 0 saturated heterocycles. The van der Waals surface area contributed by atoms with Crippen LogP contribution in [-0.2, 0) is 6.42 Å². The molecule has 0 spiro atoms. The number of ether oxygens (including phenoxy) is 1. The molecule has 4 aromatic carbocycles. The van der Waals surface area contributed by atoms with E-state index in [0.717, 1.165) is 0 Å². The van der Waals surface area contributed by atoms with E-state index in [9.17, 15) is 4.79 Å². The molecule has 0 aliphatic carbocycles. The van der Waals surface area contributed by atoms with Crippen molar-refractivity contribution in [1.82, 2.24) is 0 Å². The van der Waals surface area contributed by atoms with E-state index in [1.807, 2.05) is 6.92 Å². The van der Waals surface area contributed by atoms with Crippen molar-refractivity contribution < 1.29 is 55.5 Å². The molecule has 0 saturated carbocycles. The second-order valence-corrected chi connectivity index (χ2v) is 7.83. The number of Topliss-reactive ketones (excluding diaryl/α,β-unsaturated/α-hetero) is 1. The van der Waals surface area contributed by atoms with Crippen LogP contribution >= 0.6 is 0 Å². The summed E-state index contributed by atoms with van der Waals surface area (Å²) in [6, 6.07) is 17.4. The number of methoxy groups -OCH3 is 1. The molecule has 0 unspecified atom stereocenters. The lowest BCUT2D eigenvalue weighted by molar-refractivity contribution is 0.101. The van der Waals surface area contributed by atoms with Crippen molar-refractivity contribution in [1.29, 1.82) is 0 Å². The Balaban J connectivity index is 0.000000267. The summed E-state index contributed by atoms with van der Waals surface area (Å²) in [4.78, 5) is 10.8. The van der Waals surface area contributed by atoms with Gasteiger partial charge in [0, 0.05) is 5.56 Å². The molecular weight excluding hydrogens is 524 g/mol. The van der Waals surface area contributed by atoms with Crippen LogP contribution in [0.5, 0.6) is 57.5 Å². The maximum Gasteiger partial charge on any atom is 0.202 e. The summed E-state index contributed by atoms with van der Waals surface area (Å²) in [5.74, 6) is -1.46. The summed E-state index contributed by atoms with van der Waals surface area (Å²) in [6.45, 7) is 3.17. The van der Waals surface area contributed by atoms with Crippen molar-refractivity contribution in [2.45, 2.75) is 20.3 Å². The molecule has 0 fully saturated rings. The average molecular weight is 557 g/mol. The molecule has 214 valence electrons. The summed E-state index contributed by atoms with van der Waals surface area (Å²) < 4.78 is 4.68. The summed E-state index contributed by atoms with van der Waals surface area (Å²) in [7, 11) is 1.38. The first-order valence-corrected chi connectivity index (χ1v) is 11.6. The van der Waals surface area contributed by atoms with Crippen LogP contribution < -0.4 is 4.74 Å². The lowest BCUT2D eigenvalue weighted by Gasteiger charge is -2.03. The number of ketones is 1. The predicted octanol–water partition coefficient (Wildman–Crippen LogP) is 4.87. The fourth-order valence-corrected chi connectivity index (χ4v) is 3.06. The zero-order valence-electron chi connectivity index (χ0n) is 22.0. The fourth-order valence-electron chi connectivity index (χ4n) is 3.06. The van der Waals surface area contributed by atoms with Crippen molar-refractivity contribution in [2.75, 3.05) is 7.11 Å². The van der Waals surface area contributed by atoms with Crippen LogP contribution in [0.3, 0.4) is 0 Å². The lowest BCUT2D eigenvalue weighted by atomic mass is 10.1. The molecule has 0 amide bonds. The minimum atomic E-state index is -0.475. The van der Waals surface area contributed by atoms with E-state index < -0.39 is 5.75 Å². The minimum absolute atomic E-state index is 0.0208. The Labute approximate surface area is 230 Å². The highest BCUT2D eigenvalue weighted by atomic mass is 16.5. The van der Waals surface area contributed by atoms with Crippen molar-refractivity contribution >= 4 is 5.78 Å². The van der Waals surface area contributed by atoms with Gasteiger partial charge in [0.2, 0.25) is 5.75 Å². The van der Waals surface area contributed by atoms with Crippen molar-refractivity contribution in [3.8, 4) is 57.5 Å². The zero-order chi connectivity index (χ0) is 30.4. The van der Waals surface area contributed by atoms with Gasteiger partial charge in [-0.2, -0.15) is 0 Å². The third-order valence-corrected chi connectivity index (χ3v) is 5.02. The van der Waals surface area contributed by atoms with Crippen LogP contribution in [-0.4, -0.2) is 58.9 Å². The topological polar surface area (TPSA) is 208 Å². The number of para-hydroxylation sites is 2. The average Bonchev–Trinajstić information content (AvgIpc) is 2.88. The van der Waals surface area contributed by atoms with Crippen molar-refractivity contribution in [3.05, 3.63) is 83.9 Å². The molecule has 4 rings (SSSR count). The first-order valence-electron chi connectivity index (χ1n) is 11.6. The summed E-state index contributed by atoms with van der Waals surface area (Å²) in [6.07, 6.45) is 0.651. The quantitative estimate of drug-likeness (QED) is 0.123. The summed E-state index contributed by atoms with van der Waals surface area (Å²) >= 11 is 0. The Morgan fingerprint density at radius 3 is 1.12 bits per heavy atom. The minimum Gasteiger partial charge on any atom is -0.508 e. The number of phenolic OH excluding ortho intramolecular Hbond substituents is 9. The highest BCUT2D eigenvalue weighted by Gasteiger charge is 2.10. The summed E-state index contributed by atoms with van der Waals surface area (Å²) in [5.41, 5.74) is 0.593. The normalized spacial score (nSPS) is 9.47. The number of aromatic hydroxyl groups is 9. The van der Waals surface area contributed by atoms with Gasteiger partial charge in [-0.15, -0.1) is 0 Å². The van der Waals surface area contributed by atoms with Gasteiger partial charge in [0.25, 0.3) is 0 Å². The first-order chi connectivity index (χ1) is 18.8. The smallest absolute Gasteiger partial charge is 0.202 e. The van der Waals surface area contributed by atoms with Gasteiger partial charge >= 0.3 is 0 Å². The Hall–Kier alpha value is -5.45. The molecular formula is C29H32O11. The third-order valence-electron chi connectivity index (χ3n) is 5.02. The molecule has 4 aromatic rings. The largest absolute Gasteiger partial charge is 0.508 e. The van der Waals surface area contributed by atoms with E-state index in [-0.39, 0.29) is 63.1 Å². The molecule has 9 N–H and O–H groups in total. The zero-order valence-corrected chi connectivity index (χ0v) is 22.0. The molecule has 0 radical (unpaired) electrons. The number of carbonyl (C=O) groups is 1. The van der Waals surface area contributed by atoms with Crippen LogP contribution in [0.15, 0.2) is 72.8 Å². The number of hydrogen-bond acceptors (Lipinski definition) is 11. The fraction of sp³-hybridized carbons (Fsp3) is 0.138. The molecule has 0 aliphatic heterocycles. The monoisotopic (exact) mass is 556 g/mol. The third kappa shape index (κ3) is 9.45. The lowest BCUT2D eigenvalue weighted by Crippen LogP contribution is -1.92. The van der Waals surface area contributed by atoms with Gasteiger partial charge in [0.05, 0.1) is 7.11 Å². The van der Waals surface area contributed by atoms with E-state index in [2.05, 4.69) is 4.74 Å². The van der Waals surface area contributed by atoms with E-state index in [0.29, 0.717) is 12.0 Å². The maximum atomic E-state index is 10.8. The van der Waals surface area contributed by atoms with Gasteiger partial charge in [-0.1, -0.05) is 31.2 Å². The van der Waals surface area contributed by atoms with Gasteiger partial charge in [0.1, 0.15) is 28.6 Å². The van der Waals surface area contributed by atoms with Crippen LogP contribution in [0.1, 0.15) is 29.8 Å². The van der Waals surface area contributed by atoms with Crippen LogP contribution in [0.25, 0.3) is 0 Å². The first kappa shape index (κ1) is 32.6. The Morgan fingerprint density at radius 2 is 0.900 bits per heavy atom. The number of hydrogen-bond donors (Lipinski definition) is 9. The Bertz CT molecular complexity index is 1270. The maximum absolute atomic E-state index is 10.8. The van der Waals surface area contributed by atoms with E-state index in [4.69, 9.17) is 46.0 Å². The van der Waals surface area contributed by atoms with E-state index in [1.54, 1.807) is 18.2 Å². The number of phenols is 9. The van der Waals surface area contributed by atoms with Crippen molar-refractivity contribution in [2.24, 2.45) is 0 Å². The standard InChI is InChI=1S/C8H8O3.C8H10O2.C7H8O3.C6H6O3/c1-5(9)8-6(10)3-2-4-7(8)11;1-2-6-7(9)4-3-5-8(6)10;1-10-7-5(8)3-2-4-6(7)9;7-4-2-1-3-5(8)6(4)9/h2-4,10-11H,1H3;3-5,9-10H,2H2,1H3;2-4,8-9H,1H3;1-3,7-9H. The second kappa shape index (κ2) is 15.7. The van der Waals surface area contributed by atoms with E-state index in [1.165, 1.54) is 68.6 Å². The van der Waals surface area contributed by atoms with E-state index >= 15 is 0 Å². The number of carbonyl (C=O) groups excluding carboxylic acids is 1. The van der Waals surface area contributed by atoms with Crippen LogP contribution in [0, 0.1) is 0 Å². The SMILES string of the molecule is CC(=O)c1c(O)cccc1O.CCc1c(O)cccc1O.COc1c(O)cccc1O.Oc1cccc(O)c1O. The molecule has 11 nitrogen and oxygen atoms in total. The summed E-state index contributed by atoms with van der Waals surface area (Å²) in [5, 5.41) is 80.5. The van der Waals surface area contributed by atoms with Gasteiger partial charge in [-0.25, -0.2) is 0 Å². The molecule has 11 heteroatoms. The van der Waals surface area contributed by atoms with Gasteiger partial charge < -0.3 is 50.7 Å². The highest BCUT2D eigenvalue weighted by Crippen LogP contribution is 2.34. The predicted molar refractivity (Wildman–Crippen MR) is 147 cm³/mol. The molecule has 0 aliphatic rings. The highest BCUT2D eigenvalue weighted by molar-refractivity contribution is 5.99. The number of benzene rings is 4. The molecule has 0 heterocycles. The molecule has 0 atom stereocenters.